The molecule has 0 bridgehead atoms. The van der Waals surface area contributed by atoms with E-state index >= 15 is 0 Å². The first-order valence-electron chi connectivity index (χ1n) is 11.1. The van der Waals surface area contributed by atoms with Gasteiger partial charge >= 0.3 is 10.1 Å². The number of nitrogens with zero attached hydrogens (tertiary/aromatic N) is 2. The first kappa shape index (κ1) is 28.2. The van der Waals surface area contributed by atoms with Gasteiger partial charge in [-0.05, 0) is 51.5 Å². The van der Waals surface area contributed by atoms with Crippen LogP contribution in [0.1, 0.15) is 39.7 Å². The average molecular weight is 532 g/mol. The third kappa shape index (κ3) is 7.01. The smallest absolute Gasteiger partial charge is 0.339 e. The Morgan fingerprint density at radius 2 is 1.71 bits per heavy atom. The summed E-state index contributed by atoms with van der Waals surface area (Å²) in [6, 6.07) is 9.30. The van der Waals surface area contributed by atoms with Crippen LogP contribution in [-0.2, 0) is 26.2 Å². The van der Waals surface area contributed by atoms with E-state index in [2.05, 4.69) is 4.90 Å². The summed E-state index contributed by atoms with van der Waals surface area (Å²) in [5, 5.41) is 0.349. The molecule has 188 valence electrons. The molecule has 2 aromatic rings. The number of hydrogen-bond acceptors (Lipinski definition) is 6. The number of carbonyl (C=O) groups is 1. The van der Waals surface area contributed by atoms with Crippen molar-refractivity contribution in [2.24, 2.45) is 0 Å². The monoisotopic (exact) mass is 530 g/mol. The van der Waals surface area contributed by atoms with Gasteiger partial charge in [-0.2, -0.15) is 8.42 Å². The summed E-state index contributed by atoms with van der Waals surface area (Å²) < 4.78 is 36.9. The quantitative estimate of drug-likeness (QED) is 0.343. The van der Waals surface area contributed by atoms with Gasteiger partial charge in [0.1, 0.15) is 17.3 Å². The number of anilines is 1. The lowest BCUT2D eigenvalue weighted by Crippen LogP contribution is -2.40. The molecule has 0 N–H and O–H groups in total. The van der Waals surface area contributed by atoms with Crippen LogP contribution in [0.25, 0.3) is 0 Å². The molecule has 1 unspecified atom stereocenters. The normalized spacial score (nSPS) is 12.3. The lowest BCUT2D eigenvalue weighted by atomic mass is 10.1. The molecule has 2 aromatic carbocycles. The fraction of sp³-hybridized carbons (Fsp3) is 0.458. The van der Waals surface area contributed by atoms with Crippen molar-refractivity contribution in [2.75, 3.05) is 31.7 Å². The Kier molecular flexibility index (Phi) is 10.5. The van der Waals surface area contributed by atoms with Gasteiger partial charge in [0.05, 0.1) is 10.0 Å². The molecule has 10 heteroatoms. The molecule has 7 nitrogen and oxygen atoms in total. The van der Waals surface area contributed by atoms with Crippen molar-refractivity contribution in [3.8, 4) is 5.75 Å². The van der Waals surface area contributed by atoms with Crippen LogP contribution in [0.2, 0.25) is 10.0 Å². The van der Waals surface area contributed by atoms with E-state index in [0.29, 0.717) is 5.56 Å². The van der Waals surface area contributed by atoms with Gasteiger partial charge in [0, 0.05) is 50.1 Å². The summed E-state index contributed by atoms with van der Waals surface area (Å²) in [7, 11) is -2.75. The summed E-state index contributed by atoms with van der Waals surface area (Å²) >= 11 is 12.0. The van der Waals surface area contributed by atoms with Crippen LogP contribution in [-0.4, -0.2) is 52.1 Å². The average Bonchev–Trinajstić information content (AvgIpc) is 2.80. The van der Waals surface area contributed by atoms with Crippen molar-refractivity contribution in [3.63, 3.8) is 0 Å². The van der Waals surface area contributed by atoms with Crippen molar-refractivity contribution in [1.29, 1.82) is 0 Å². The second-order valence-corrected chi connectivity index (χ2v) is 10.2. The van der Waals surface area contributed by atoms with E-state index in [4.69, 9.17) is 32.1 Å². The molecule has 0 aliphatic heterocycles. The van der Waals surface area contributed by atoms with Gasteiger partial charge < -0.3 is 18.7 Å². The number of methoxy groups -OCH3 is 1. The number of amides is 1. The predicted octanol–water partition coefficient (Wildman–Crippen LogP) is 5.38. The number of hydrogen-bond donors (Lipinski definition) is 0. The number of halogens is 2. The van der Waals surface area contributed by atoms with Crippen LogP contribution in [0, 0.1) is 0 Å². The SMILES string of the molecule is CCC(C)N(Cc1ccc(N(CC)CC)cc1OS(=O)(=O)c1ccc(Cl)c(Cl)c1)C(=O)COC. The lowest BCUT2D eigenvalue weighted by Gasteiger charge is -2.30. The molecular formula is C24H32Cl2N2O5S. The summed E-state index contributed by atoms with van der Waals surface area (Å²) in [5.74, 6) is -0.0445. The molecule has 0 saturated heterocycles. The van der Waals surface area contributed by atoms with E-state index in [9.17, 15) is 13.2 Å². The Morgan fingerprint density at radius 3 is 2.26 bits per heavy atom. The summed E-state index contributed by atoms with van der Waals surface area (Å²) in [4.78, 5) is 16.3. The second-order valence-electron chi connectivity index (χ2n) is 7.79. The maximum Gasteiger partial charge on any atom is 0.339 e. The number of benzene rings is 2. The van der Waals surface area contributed by atoms with Gasteiger partial charge in [0.25, 0.3) is 0 Å². The number of carbonyl (C=O) groups excluding carboxylic acids is 1. The first-order chi connectivity index (χ1) is 16.1. The van der Waals surface area contributed by atoms with Crippen LogP contribution in [0.4, 0.5) is 5.69 Å². The first-order valence-corrected chi connectivity index (χ1v) is 13.3. The topological polar surface area (TPSA) is 76.2 Å². The van der Waals surface area contributed by atoms with Crippen molar-refractivity contribution < 1.29 is 22.1 Å². The highest BCUT2D eigenvalue weighted by molar-refractivity contribution is 7.87. The standard InChI is InChI=1S/C24H32Cl2N2O5S/c1-6-17(4)28(24(29)16-32-5)15-18-9-10-19(27(7-2)8-3)13-23(18)33-34(30,31)20-11-12-21(25)22(26)14-20/h9-14,17H,6-8,15-16H2,1-5H3. The Hall–Kier alpha value is -2.00. The molecule has 0 heterocycles. The molecule has 0 aromatic heterocycles. The molecule has 34 heavy (non-hydrogen) atoms. The molecule has 0 spiro atoms. The highest BCUT2D eigenvalue weighted by Crippen LogP contribution is 2.32. The number of rotatable bonds is 12. The van der Waals surface area contributed by atoms with Gasteiger partial charge in [-0.3, -0.25) is 4.79 Å². The van der Waals surface area contributed by atoms with Crippen molar-refractivity contribution in [3.05, 3.63) is 52.0 Å². The van der Waals surface area contributed by atoms with Crippen molar-refractivity contribution in [1.82, 2.24) is 4.90 Å². The van der Waals surface area contributed by atoms with E-state index < -0.39 is 10.1 Å². The zero-order valence-corrected chi connectivity index (χ0v) is 22.5. The van der Waals surface area contributed by atoms with Gasteiger partial charge in [0.2, 0.25) is 5.91 Å². The molecule has 0 aliphatic carbocycles. The van der Waals surface area contributed by atoms with E-state index in [0.717, 1.165) is 25.2 Å². The van der Waals surface area contributed by atoms with Crippen LogP contribution in [0.15, 0.2) is 41.3 Å². The number of ether oxygens (including phenoxy) is 1. The summed E-state index contributed by atoms with van der Waals surface area (Å²) in [6.45, 7) is 9.51. The minimum absolute atomic E-state index is 0.0698. The molecule has 1 atom stereocenters. The van der Waals surface area contributed by atoms with Gasteiger partial charge in [0.15, 0.2) is 0 Å². The zero-order chi connectivity index (χ0) is 25.5. The van der Waals surface area contributed by atoms with E-state index in [-0.39, 0.29) is 45.8 Å². The van der Waals surface area contributed by atoms with Crippen LogP contribution >= 0.6 is 23.2 Å². The van der Waals surface area contributed by atoms with E-state index in [1.165, 1.54) is 25.3 Å². The van der Waals surface area contributed by atoms with Gasteiger partial charge in [-0.15, -0.1) is 0 Å². The minimum atomic E-state index is -4.21. The van der Waals surface area contributed by atoms with Crippen LogP contribution in [0.5, 0.6) is 5.75 Å². The summed E-state index contributed by atoms with van der Waals surface area (Å²) in [5.41, 5.74) is 1.37. The van der Waals surface area contributed by atoms with Crippen molar-refractivity contribution in [2.45, 2.75) is 51.6 Å². The van der Waals surface area contributed by atoms with E-state index in [1.54, 1.807) is 17.0 Å². The summed E-state index contributed by atoms with van der Waals surface area (Å²) in [6.07, 6.45) is 0.727. The molecule has 2 rings (SSSR count). The Balaban J connectivity index is 2.54. The zero-order valence-electron chi connectivity index (χ0n) is 20.2. The maximum absolute atomic E-state index is 13.1. The van der Waals surface area contributed by atoms with Gasteiger partial charge in [-0.1, -0.05) is 36.2 Å². The Bertz CT molecular complexity index is 1090. The Morgan fingerprint density at radius 1 is 1.03 bits per heavy atom. The Labute approximate surface area is 212 Å². The third-order valence-electron chi connectivity index (χ3n) is 5.61. The molecule has 0 radical (unpaired) electrons. The van der Waals surface area contributed by atoms with Crippen LogP contribution < -0.4 is 9.08 Å². The third-order valence-corrected chi connectivity index (χ3v) is 7.58. The fourth-order valence-corrected chi connectivity index (χ4v) is 4.78. The van der Waals surface area contributed by atoms with Gasteiger partial charge in [-0.25, -0.2) is 0 Å². The lowest BCUT2D eigenvalue weighted by molar-refractivity contribution is -0.138. The second kappa shape index (κ2) is 12.6. The van der Waals surface area contributed by atoms with Crippen LogP contribution in [0.3, 0.4) is 0 Å². The van der Waals surface area contributed by atoms with E-state index in [1.807, 2.05) is 33.8 Å². The minimum Gasteiger partial charge on any atom is -0.379 e. The largest absolute Gasteiger partial charge is 0.379 e. The molecule has 0 fully saturated rings. The molecule has 1 amide bonds. The van der Waals surface area contributed by atoms with Crippen molar-refractivity contribution >= 4 is 44.9 Å². The predicted molar refractivity (Wildman–Crippen MR) is 136 cm³/mol. The highest BCUT2D eigenvalue weighted by Gasteiger charge is 2.24. The fourth-order valence-electron chi connectivity index (χ4n) is 3.44. The highest BCUT2D eigenvalue weighted by atomic mass is 35.5. The maximum atomic E-state index is 13.1. The molecular weight excluding hydrogens is 499 g/mol. The molecule has 0 aliphatic rings. The molecule has 0 saturated carbocycles.